The van der Waals surface area contributed by atoms with E-state index in [0.29, 0.717) is 28.6 Å². The number of carbonyl (C=O) groups is 2. The number of nitrogens with one attached hydrogen (secondary N) is 1. The van der Waals surface area contributed by atoms with Crippen molar-refractivity contribution in [3.8, 4) is 0 Å². The quantitative estimate of drug-likeness (QED) is 0.264. The van der Waals surface area contributed by atoms with E-state index in [1.165, 1.54) is 41.3 Å². The molecule has 0 saturated carbocycles. The maximum Gasteiger partial charge on any atom is 0.264 e. The molecule has 0 spiro atoms. The Balaban J connectivity index is 2.05. The first-order valence-corrected chi connectivity index (χ1v) is 14.9. The molecule has 0 fully saturated rings. The normalized spacial score (nSPS) is 12.1. The minimum absolute atomic E-state index is 0.0232. The number of amides is 2. The van der Waals surface area contributed by atoms with Gasteiger partial charge in [-0.05, 0) is 61.4 Å². The van der Waals surface area contributed by atoms with Crippen LogP contribution in [0.2, 0.25) is 20.1 Å². The predicted molar refractivity (Wildman–Crippen MR) is 157 cm³/mol. The number of rotatable bonds is 11. The summed E-state index contributed by atoms with van der Waals surface area (Å²) in [5, 5.41) is 3.84. The lowest BCUT2D eigenvalue weighted by atomic mass is 10.1. The van der Waals surface area contributed by atoms with Gasteiger partial charge in [-0.1, -0.05) is 77.6 Å². The van der Waals surface area contributed by atoms with Crippen LogP contribution in [0.3, 0.4) is 0 Å². The molecule has 1 N–H and O–H groups in total. The molecule has 1 atom stereocenters. The van der Waals surface area contributed by atoms with Crippen molar-refractivity contribution in [2.45, 2.75) is 37.8 Å². The van der Waals surface area contributed by atoms with Crippen LogP contribution in [0.15, 0.2) is 71.6 Å². The summed E-state index contributed by atoms with van der Waals surface area (Å²) in [6, 6.07) is 15.8. The smallest absolute Gasteiger partial charge is 0.264 e. The summed E-state index contributed by atoms with van der Waals surface area (Å²) in [6.45, 7) is 3.22. The second-order valence-corrected chi connectivity index (χ2v) is 12.2. The van der Waals surface area contributed by atoms with Gasteiger partial charge in [0.05, 0.1) is 20.6 Å². The molecule has 0 radical (unpaired) electrons. The molecule has 0 bridgehead atoms. The molecule has 0 saturated heterocycles. The lowest BCUT2D eigenvalue weighted by molar-refractivity contribution is -0.139. The van der Waals surface area contributed by atoms with Crippen LogP contribution in [0.1, 0.15) is 25.8 Å². The average molecular weight is 631 g/mol. The molecule has 208 valence electrons. The maximum absolute atomic E-state index is 13.9. The lowest BCUT2D eigenvalue weighted by Gasteiger charge is -2.32. The third-order valence-corrected chi connectivity index (χ3v) is 8.99. The zero-order valence-corrected chi connectivity index (χ0v) is 25.0. The van der Waals surface area contributed by atoms with Crippen molar-refractivity contribution in [1.29, 1.82) is 0 Å². The number of nitrogens with zero attached hydrogens (tertiary/aromatic N) is 2. The van der Waals surface area contributed by atoms with Crippen LogP contribution in [0.25, 0.3) is 0 Å². The van der Waals surface area contributed by atoms with Gasteiger partial charge in [-0.3, -0.25) is 13.9 Å². The molecular weight excluding hydrogens is 604 g/mol. The highest BCUT2D eigenvalue weighted by Crippen LogP contribution is 2.31. The van der Waals surface area contributed by atoms with Gasteiger partial charge in [-0.25, -0.2) is 8.42 Å². The Labute approximate surface area is 248 Å². The molecule has 0 aliphatic carbocycles. The summed E-state index contributed by atoms with van der Waals surface area (Å²) in [4.78, 5) is 28.0. The Kier molecular flexibility index (Phi) is 10.9. The van der Waals surface area contributed by atoms with Crippen molar-refractivity contribution in [3.05, 3.63) is 92.4 Å². The van der Waals surface area contributed by atoms with Gasteiger partial charge >= 0.3 is 0 Å². The van der Waals surface area contributed by atoms with E-state index in [0.717, 1.165) is 4.31 Å². The molecular formula is C27H27Cl4N3O4S. The van der Waals surface area contributed by atoms with E-state index < -0.39 is 28.5 Å². The first-order valence-electron chi connectivity index (χ1n) is 12.0. The zero-order chi connectivity index (χ0) is 28.7. The second kappa shape index (κ2) is 13.7. The fourth-order valence-corrected chi connectivity index (χ4v) is 5.89. The van der Waals surface area contributed by atoms with E-state index in [4.69, 9.17) is 46.4 Å². The topological polar surface area (TPSA) is 86.8 Å². The SMILES string of the molecule is CCCNC(=O)C(C)N(Cc1ccc(Cl)cc1Cl)C(=O)CN(c1ccc(Cl)c(Cl)c1)S(=O)(=O)c1ccccc1. The van der Waals surface area contributed by atoms with Crippen molar-refractivity contribution in [2.24, 2.45) is 0 Å². The number of benzene rings is 3. The standard InChI is InChI=1S/C27H27Cl4N3O4S/c1-3-13-32-27(36)18(2)33(16-19-9-10-20(28)14-24(19)30)26(35)17-34(21-11-12-23(29)25(31)15-21)39(37,38)22-7-5-4-6-8-22/h4-12,14-15,18H,3,13,16-17H2,1-2H3,(H,32,36). The summed E-state index contributed by atoms with van der Waals surface area (Å²) < 4.78 is 28.4. The van der Waals surface area contributed by atoms with Crippen LogP contribution in [0.4, 0.5) is 5.69 Å². The number of sulfonamides is 1. The monoisotopic (exact) mass is 629 g/mol. The third-order valence-electron chi connectivity index (χ3n) is 5.87. The predicted octanol–water partition coefficient (Wildman–Crippen LogP) is 6.44. The molecule has 3 rings (SSSR count). The summed E-state index contributed by atoms with van der Waals surface area (Å²) in [7, 11) is -4.22. The van der Waals surface area contributed by atoms with Crippen molar-refractivity contribution < 1.29 is 18.0 Å². The fraction of sp³-hybridized carbons (Fsp3) is 0.259. The second-order valence-electron chi connectivity index (χ2n) is 8.65. The molecule has 39 heavy (non-hydrogen) atoms. The maximum atomic E-state index is 13.9. The van der Waals surface area contributed by atoms with Gasteiger partial charge in [-0.2, -0.15) is 0 Å². The van der Waals surface area contributed by atoms with Gasteiger partial charge in [0.1, 0.15) is 12.6 Å². The van der Waals surface area contributed by atoms with Crippen LogP contribution in [-0.2, 0) is 26.2 Å². The Hall–Kier alpha value is -2.49. The van der Waals surface area contributed by atoms with E-state index in [9.17, 15) is 18.0 Å². The molecule has 0 aliphatic rings. The largest absolute Gasteiger partial charge is 0.354 e. The van der Waals surface area contributed by atoms with E-state index in [2.05, 4.69) is 5.32 Å². The van der Waals surface area contributed by atoms with E-state index in [1.54, 1.807) is 37.3 Å². The minimum Gasteiger partial charge on any atom is -0.354 e. The van der Waals surface area contributed by atoms with Gasteiger partial charge < -0.3 is 10.2 Å². The Bertz CT molecular complexity index is 1440. The molecule has 1 unspecified atom stereocenters. The van der Waals surface area contributed by atoms with Crippen molar-refractivity contribution >= 4 is 73.9 Å². The summed E-state index contributed by atoms with van der Waals surface area (Å²) in [6.07, 6.45) is 0.704. The first-order chi connectivity index (χ1) is 18.4. The van der Waals surface area contributed by atoms with Crippen LogP contribution < -0.4 is 9.62 Å². The van der Waals surface area contributed by atoms with E-state index >= 15 is 0 Å². The lowest BCUT2D eigenvalue weighted by Crippen LogP contribution is -2.51. The summed E-state index contributed by atoms with van der Waals surface area (Å²) in [5.74, 6) is -1.02. The number of halogens is 4. The number of hydrogen-bond acceptors (Lipinski definition) is 4. The third kappa shape index (κ3) is 7.80. The highest BCUT2D eigenvalue weighted by atomic mass is 35.5. The van der Waals surface area contributed by atoms with Crippen molar-refractivity contribution in [2.75, 3.05) is 17.4 Å². The van der Waals surface area contributed by atoms with Crippen LogP contribution >= 0.6 is 46.4 Å². The highest BCUT2D eigenvalue weighted by Gasteiger charge is 2.33. The molecule has 12 heteroatoms. The molecule has 0 heterocycles. The van der Waals surface area contributed by atoms with Crippen molar-refractivity contribution in [1.82, 2.24) is 10.2 Å². The van der Waals surface area contributed by atoms with E-state index in [1.807, 2.05) is 6.92 Å². The average Bonchev–Trinajstić information content (AvgIpc) is 2.91. The first kappa shape index (κ1) is 31.0. The van der Waals surface area contributed by atoms with Crippen LogP contribution in [0.5, 0.6) is 0 Å². The van der Waals surface area contributed by atoms with Gasteiger partial charge in [0.25, 0.3) is 10.0 Å². The molecule has 0 aromatic heterocycles. The van der Waals surface area contributed by atoms with Gasteiger partial charge in [0.15, 0.2) is 0 Å². The summed E-state index contributed by atoms with van der Waals surface area (Å²) >= 11 is 24.7. The number of anilines is 1. The van der Waals surface area contributed by atoms with E-state index in [-0.39, 0.29) is 33.1 Å². The fourth-order valence-electron chi connectivity index (χ4n) is 3.70. The number of hydrogen-bond donors (Lipinski definition) is 1. The zero-order valence-electron chi connectivity index (χ0n) is 21.2. The molecule has 3 aromatic carbocycles. The highest BCUT2D eigenvalue weighted by molar-refractivity contribution is 7.92. The van der Waals surface area contributed by atoms with Gasteiger partial charge in [-0.15, -0.1) is 0 Å². The molecule has 2 amide bonds. The van der Waals surface area contributed by atoms with Crippen LogP contribution in [0, 0.1) is 0 Å². The molecule has 7 nitrogen and oxygen atoms in total. The molecule has 3 aromatic rings. The van der Waals surface area contributed by atoms with Gasteiger partial charge in [0.2, 0.25) is 11.8 Å². The Morgan fingerprint density at radius 3 is 2.21 bits per heavy atom. The number of carbonyl (C=O) groups excluding carboxylic acids is 2. The van der Waals surface area contributed by atoms with Crippen LogP contribution in [-0.4, -0.2) is 44.3 Å². The Morgan fingerprint density at radius 1 is 0.897 bits per heavy atom. The minimum atomic E-state index is -4.22. The Morgan fingerprint density at radius 2 is 1.59 bits per heavy atom. The summed E-state index contributed by atoms with van der Waals surface area (Å²) in [5.41, 5.74) is 0.672. The van der Waals surface area contributed by atoms with Crippen molar-refractivity contribution in [3.63, 3.8) is 0 Å². The molecule has 0 aliphatic heterocycles. The van der Waals surface area contributed by atoms with Gasteiger partial charge in [0, 0.05) is 23.1 Å².